The van der Waals surface area contributed by atoms with Gasteiger partial charge in [-0.2, -0.15) is 0 Å². The minimum absolute atomic E-state index is 0.0932. The lowest BCUT2D eigenvalue weighted by molar-refractivity contribution is -0.121. The van der Waals surface area contributed by atoms with E-state index >= 15 is 0 Å². The molecule has 0 aliphatic heterocycles. The lowest BCUT2D eigenvalue weighted by atomic mass is 9.99. The second-order valence-corrected chi connectivity index (χ2v) is 7.46. The van der Waals surface area contributed by atoms with Crippen molar-refractivity contribution >= 4 is 16.8 Å². The maximum absolute atomic E-state index is 12.5. The second kappa shape index (κ2) is 11.5. The number of carbonyl (C=O) groups excluding carboxylic acids is 1. The number of para-hydroxylation sites is 1. The number of fused-ring (bicyclic) bond motifs is 1. The predicted octanol–water partition coefficient (Wildman–Crippen LogP) is 3.58. The fourth-order valence-electron chi connectivity index (χ4n) is 3.42. The molecule has 6 heteroatoms. The number of aromatic amines is 1. The van der Waals surface area contributed by atoms with Gasteiger partial charge in [-0.15, -0.1) is 0 Å². The molecule has 0 fully saturated rings. The van der Waals surface area contributed by atoms with Crippen molar-refractivity contribution in [1.82, 2.24) is 14.9 Å². The van der Waals surface area contributed by atoms with E-state index in [-0.39, 0.29) is 17.2 Å². The normalized spacial score (nSPS) is 12.2. The first kappa shape index (κ1) is 21.9. The Hall–Kier alpha value is -2.37. The molecule has 1 amide bonds. The molecule has 1 aromatic carbocycles. The van der Waals surface area contributed by atoms with Crippen LogP contribution in [-0.4, -0.2) is 22.0 Å². The second-order valence-electron chi connectivity index (χ2n) is 7.46. The van der Waals surface area contributed by atoms with E-state index in [1.165, 1.54) is 23.8 Å². The highest BCUT2D eigenvalue weighted by Gasteiger charge is 2.09. The smallest absolute Gasteiger partial charge is 0.328 e. The zero-order chi connectivity index (χ0) is 20.4. The molecule has 0 saturated carbocycles. The summed E-state index contributed by atoms with van der Waals surface area (Å²) in [6, 6.07) is 7.03. The first-order chi connectivity index (χ1) is 13.6. The van der Waals surface area contributed by atoms with Crippen LogP contribution in [-0.2, 0) is 11.3 Å². The van der Waals surface area contributed by atoms with E-state index in [1.807, 2.05) is 0 Å². The van der Waals surface area contributed by atoms with Crippen molar-refractivity contribution in [2.75, 3.05) is 6.54 Å². The molecule has 2 aromatic rings. The van der Waals surface area contributed by atoms with E-state index in [0.717, 1.165) is 25.8 Å². The van der Waals surface area contributed by atoms with Gasteiger partial charge >= 0.3 is 5.69 Å². The number of unbranched alkanes of at least 4 members (excludes halogenated alkanes) is 3. The van der Waals surface area contributed by atoms with Gasteiger partial charge in [-0.25, -0.2) is 4.79 Å². The van der Waals surface area contributed by atoms with E-state index in [9.17, 15) is 14.4 Å². The van der Waals surface area contributed by atoms with Gasteiger partial charge < -0.3 is 10.3 Å². The third-order valence-electron chi connectivity index (χ3n) is 5.31. The number of nitrogens with zero attached hydrogens (tertiary/aromatic N) is 1. The van der Waals surface area contributed by atoms with Gasteiger partial charge in [0.1, 0.15) is 0 Å². The van der Waals surface area contributed by atoms with Crippen molar-refractivity contribution in [2.24, 2.45) is 5.92 Å². The van der Waals surface area contributed by atoms with Crippen LogP contribution in [0.4, 0.5) is 0 Å². The number of rotatable bonds is 12. The summed E-state index contributed by atoms with van der Waals surface area (Å²) in [5, 5.41) is 3.56. The molecule has 0 aliphatic carbocycles. The third-order valence-corrected chi connectivity index (χ3v) is 5.31. The number of benzene rings is 1. The first-order valence-corrected chi connectivity index (χ1v) is 10.5. The molecule has 0 aliphatic rings. The molecular formula is C22H33N3O3. The lowest BCUT2D eigenvalue weighted by Crippen LogP contribution is -2.35. The van der Waals surface area contributed by atoms with Gasteiger partial charge in [0.15, 0.2) is 0 Å². The quantitative estimate of drug-likeness (QED) is 0.546. The molecule has 28 heavy (non-hydrogen) atoms. The van der Waals surface area contributed by atoms with Crippen LogP contribution in [0.2, 0.25) is 0 Å². The van der Waals surface area contributed by atoms with E-state index in [4.69, 9.17) is 0 Å². The lowest BCUT2D eigenvalue weighted by Gasteiger charge is -2.15. The first-order valence-electron chi connectivity index (χ1n) is 10.5. The summed E-state index contributed by atoms with van der Waals surface area (Å²) in [6.45, 7) is 5.49. The topological polar surface area (TPSA) is 84.0 Å². The van der Waals surface area contributed by atoms with Crippen molar-refractivity contribution in [3.8, 4) is 0 Å². The maximum Gasteiger partial charge on any atom is 0.328 e. The van der Waals surface area contributed by atoms with Crippen molar-refractivity contribution in [1.29, 1.82) is 0 Å². The Morgan fingerprint density at radius 1 is 1.11 bits per heavy atom. The molecule has 0 spiro atoms. The number of aromatic nitrogens is 2. The summed E-state index contributed by atoms with van der Waals surface area (Å²) in [5.74, 6) is 0.658. The van der Waals surface area contributed by atoms with Crippen LogP contribution in [0.5, 0.6) is 0 Å². The van der Waals surface area contributed by atoms with Gasteiger partial charge in [-0.05, 0) is 37.3 Å². The zero-order valence-corrected chi connectivity index (χ0v) is 17.1. The van der Waals surface area contributed by atoms with Crippen LogP contribution in [0.1, 0.15) is 65.2 Å². The van der Waals surface area contributed by atoms with Crippen LogP contribution in [0.3, 0.4) is 0 Å². The molecule has 154 valence electrons. The van der Waals surface area contributed by atoms with E-state index in [0.29, 0.717) is 36.2 Å². The van der Waals surface area contributed by atoms with Gasteiger partial charge in [0.2, 0.25) is 5.91 Å². The van der Waals surface area contributed by atoms with Crippen LogP contribution in [0, 0.1) is 5.92 Å². The summed E-state index contributed by atoms with van der Waals surface area (Å²) in [6.07, 6.45) is 7.42. The molecular weight excluding hydrogens is 354 g/mol. The van der Waals surface area contributed by atoms with Crippen molar-refractivity contribution < 1.29 is 4.79 Å². The standard InChI is InChI=1S/C22H33N3O3/c1-3-5-11-17(4-2)16-23-20(26)14-7-6-10-15-25-21(27)18-12-8-9-13-19(18)24-22(25)28/h8-9,12-13,17H,3-7,10-11,14-16H2,1-2H3,(H,23,26)(H,24,28)/t17-/m1/s1. The molecule has 2 N–H and O–H groups in total. The molecule has 0 saturated heterocycles. The van der Waals surface area contributed by atoms with E-state index < -0.39 is 0 Å². The molecule has 2 rings (SSSR count). The number of nitrogens with one attached hydrogen (secondary N) is 2. The number of carbonyl (C=O) groups is 1. The Bertz CT molecular complexity index is 869. The molecule has 1 heterocycles. The maximum atomic E-state index is 12.5. The summed E-state index contributed by atoms with van der Waals surface area (Å²) in [4.78, 5) is 39.3. The minimum Gasteiger partial charge on any atom is -0.356 e. The Kier molecular flexibility index (Phi) is 8.98. The Balaban J connectivity index is 1.73. The largest absolute Gasteiger partial charge is 0.356 e. The van der Waals surface area contributed by atoms with Gasteiger partial charge in [-0.3, -0.25) is 14.2 Å². The van der Waals surface area contributed by atoms with Crippen LogP contribution in [0.25, 0.3) is 10.9 Å². The Morgan fingerprint density at radius 3 is 2.64 bits per heavy atom. The van der Waals surface area contributed by atoms with Gasteiger partial charge in [-0.1, -0.05) is 51.7 Å². The highest BCUT2D eigenvalue weighted by molar-refractivity contribution is 5.77. The summed E-state index contributed by atoms with van der Waals surface area (Å²) >= 11 is 0. The summed E-state index contributed by atoms with van der Waals surface area (Å²) in [7, 11) is 0. The van der Waals surface area contributed by atoms with Crippen molar-refractivity contribution in [3.05, 3.63) is 45.1 Å². The summed E-state index contributed by atoms with van der Waals surface area (Å²) in [5.41, 5.74) is -0.0661. The average molecular weight is 388 g/mol. The molecule has 0 bridgehead atoms. The van der Waals surface area contributed by atoms with Crippen molar-refractivity contribution in [3.63, 3.8) is 0 Å². The van der Waals surface area contributed by atoms with E-state index in [1.54, 1.807) is 24.3 Å². The summed E-state index contributed by atoms with van der Waals surface area (Å²) < 4.78 is 1.25. The number of H-pyrrole nitrogens is 1. The highest BCUT2D eigenvalue weighted by atomic mass is 16.2. The molecule has 0 radical (unpaired) electrons. The molecule has 6 nitrogen and oxygen atoms in total. The van der Waals surface area contributed by atoms with Crippen LogP contribution in [0.15, 0.2) is 33.9 Å². The van der Waals surface area contributed by atoms with Gasteiger partial charge in [0.25, 0.3) is 5.56 Å². The fourth-order valence-corrected chi connectivity index (χ4v) is 3.42. The SMILES string of the molecule is CCCC[C@@H](CC)CNC(=O)CCCCCn1c(=O)[nH]c2ccccc2c1=O. The fraction of sp³-hybridized carbons (Fsp3) is 0.591. The molecule has 1 aromatic heterocycles. The highest BCUT2D eigenvalue weighted by Crippen LogP contribution is 2.11. The molecule has 1 atom stereocenters. The van der Waals surface area contributed by atoms with Crippen molar-refractivity contribution in [2.45, 2.75) is 71.8 Å². The number of hydrogen-bond acceptors (Lipinski definition) is 3. The number of amides is 1. The monoisotopic (exact) mass is 387 g/mol. The Morgan fingerprint density at radius 2 is 1.89 bits per heavy atom. The Labute approximate surface area is 166 Å². The third kappa shape index (κ3) is 6.36. The average Bonchev–Trinajstić information content (AvgIpc) is 2.70. The number of hydrogen-bond donors (Lipinski definition) is 2. The molecule has 0 unspecified atom stereocenters. The van der Waals surface area contributed by atoms with Crippen LogP contribution < -0.4 is 16.6 Å². The van der Waals surface area contributed by atoms with Gasteiger partial charge in [0, 0.05) is 19.5 Å². The zero-order valence-electron chi connectivity index (χ0n) is 17.1. The van der Waals surface area contributed by atoms with Crippen LogP contribution >= 0.6 is 0 Å². The minimum atomic E-state index is -0.376. The van der Waals surface area contributed by atoms with E-state index in [2.05, 4.69) is 24.1 Å². The van der Waals surface area contributed by atoms with Gasteiger partial charge in [0.05, 0.1) is 10.9 Å². The predicted molar refractivity (Wildman–Crippen MR) is 114 cm³/mol.